The predicted octanol–water partition coefficient (Wildman–Crippen LogP) is 2.46. The van der Waals surface area contributed by atoms with Gasteiger partial charge in [-0.2, -0.15) is 26.7 Å². The van der Waals surface area contributed by atoms with Crippen LogP contribution in [0.25, 0.3) is 0 Å². The lowest BCUT2D eigenvalue weighted by atomic mass is 10.2. The molecule has 1 aliphatic heterocycles. The smallest absolute Gasteiger partial charge is 0.231 e. The standard InChI is InChI=1S/C14H26N6S/c1-4-8-15-12-17-13(19-14(18-12)20(2)3)16-10-11-7-5-6-9-21-11/h11H,4-10H2,1-3H3,(H2,15,16,17,18,19). The van der Waals surface area contributed by atoms with Gasteiger partial charge < -0.3 is 15.5 Å². The van der Waals surface area contributed by atoms with Crippen LogP contribution in [-0.2, 0) is 0 Å². The summed E-state index contributed by atoms with van der Waals surface area (Å²) in [6.07, 6.45) is 5.01. The van der Waals surface area contributed by atoms with Gasteiger partial charge in [-0.3, -0.25) is 0 Å². The van der Waals surface area contributed by atoms with Gasteiger partial charge in [0.1, 0.15) is 0 Å². The molecule has 118 valence electrons. The average molecular weight is 310 g/mol. The highest BCUT2D eigenvalue weighted by Gasteiger charge is 2.15. The van der Waals surface area contributed by atoms with Gasteiger partial charge in [-0.15, -0.1) is 0 Å². The lowest BCUT2D eigenvalue weighted by Crippen LogP contribution is -2.22. The van der Waals surface area contributed by atoms with E-state index in [0.717, 1.165) is 19.5 Å². The normalized spacial score (nSPS) is 18.3. The molecule has 1 atom stereocenters. The van der Waals surface area contributed by atoms with Crippen molar-refractivity contribution in [1.29, 1.82) is 0 Å². The quantitative estimate of drug-likeness (QED) is 0.802. The minimum atomic E-state index is 0.648. The van der Waals surface area contributed by atoms with E-state index in [4.69, 9.17) is 0 Å². The van der Waals surface area contributed by atoms with Crippen molar-refractivity contribution in [1.82, 2.24) is 15.0 Å². The molecule has 7 heteroatoms. The van der Waals surface area contributed by atoms with Crippen molar-refractivity contribution in [2.75, 3.05) is 48.5 Å². The fourth-order valence-corrected chi connectivity index (χ4v) is 3.37. The Morgan fingerprint density at radius 2 is 1.90 bits per heavy atom. The SMILES string of the molecule is CCCNc1nc(NCC2CCCCS2)nc(N(C)C)n1. The van der Waals surface area contributed by atoms with Gasteiger partial charge in [0, 0.05) is 32.4 Å². The average Bonchev–Trinajstić information content (AvgIpc) is 2.51. The molecule has 1 unspecified atom stereocenters. The minimum Gasteiger partial charge on any atom is -0.354 e. The molecule has 0 spiro atoms. The van der Waals surface area contributed by atoms with Gasteiger partial charge in [0.25, 0.3) is 0 Å². The topological polar surface area (TPSA) is 66.0 Å². The summed E-state index contributed by atoms with van der Waals surface area (Å²) in [5.74, 6) is 3.27. The van der Waals surface area contributed by atoms with Crippen molar-refractivity contribution in [2.24, 2.45) is 0 Å². The van der Waals surface area contributed by atoms with Crippen LogP contribution in [0.1, 0.15) is 32.6 Å². The van der Waals surface area contributed by atoms with Crippen LogP contribution in [0.15, 0.2) is 0 Å². The first-order valence-electron chi connectivity index (χ1n) is 7.71. The van der Waals surface area contributed by atoms with Crippen molar-refractivity contribution >= 4 is 29.6 Å². The van der Waals surface area contributed by atoms with E-state index in [0.29, 0.717) is 23.1 Å². The highest BCUT2D eigenvalue weighted by Crippen LogP contribution is 2.25. The molecule has 1 aromatic heterocycles. The molecule has 2 rings (SSSR count). The van der Waals surface area contributed by atoms with E-state index in [1.54, 1.807) is 0 Å². The van der Waals surface area contributed by atoms with E-state index < -0.39 is 0 Å². The molecule has 1 fully saturated rings. The summed E-state index contributed by atoms with van der Waals surface area (Å²) < 4.78 is 0. The highest BCUT2D eigenvalue weighted by atomic mass is 32.2. The van der Waals surface area contributed by atoms with Gasteiger partial charge >= 0.3 is 0 Å². The molecule has 0 aliphatic carbocycles. The monoisotopic (exact) mass is 310 g/mol. The number of rotatable bonds is 7. The summed E-state index contributed by atoms with van der Waals surface area (Å²) in [6, 6.07) is 0. The lowest BCUT2D eigenvalue weighted by Gasteiger charge is -2.21. The summed E-state index contributed by atoms with van der Waals surface area (Å²) >= 11 is 2.05. The van der Waals surface area contributed by atoms with E-state index >= 15 is 0 Å². The van der Waals surface area contributed by atoms with Gasteiger partial charge in [-0.05, 0) is 25.0 Å². The fraction of sp³-hybridized carbons (Fsp3) is 0.786. The first-order chi connectivity index (χ1) is 10.2. The predicted molar refractivity (Wildman–Crippen MR) is 91.5 cm³/mol. The maximum absolute atomic E-state index is 4.47. The third kappa shape index (κ3) is 5.22. The second-order valence-electron chi connectivity index (χ2n) is 5.47. The van der Waals surface area contributed by atoms with Gasteiger partial charge in [0.15, 0.2) is 0 Å². The van der Waals surface area contributed by atoms with Crippen LogP contribution in [0.5, 0.6) is 0 Å². The van der Waals surface area contributed by atoms with Gasteiger partial charge in [-0.1, -0.05) is 13.3 Å². The van der Waals surface area contributed by atoms with E-state index in [-0.39, 0.29) is 0 Å². The van der Waals surface area contributed by atoms with E-state index in [1.165, 1.54) is 25.0 Å². The van der Waals surface area contributed by atoms with Crippen molar-refractivity contribution in [3.63, 3.8) is 0 Å². The van der Waals surface area contributed by atoms with E-state index in [1.807, 2.05) is 19.0 Å². The first kappa shape index (κ1) is 16.1. The fourth-order valence-electron chi connectivity index (χ4n) is 2.13. The summed E-state index contributed by atoms with van der Waals surface area (Å²) in [6.45, 7) is 3.92. The summed E-state index contributed by atoms with van der Waals surface area (Å²) in [5.41, 5.74) is 0. The summed E-state index contributed by atoms with van der Waals surface area (Å²) in [7, 11) is 3.89. The van der Waals surface area contributed by atoms with Crippen LogP contribution in [0.3, 0.4) is 0 Å². The van der Waals surface area contributed by atoms with Crippen LogP contribution in [-0.4, -0.2) is 53.1 Å². The molecular formula is C14H26N6S. The molecule has 1 aliphatic rings. The Hall–Kier alpha value is -1.24. The molecule has 0 bridgehead atoms. The molecule has 0 radical (unpaired) electrons. The van der Waals surface area contributed by atoms with Crippen LogP contribution < -0.4 is 15.5 Å². The molecule has 0 saturated carbocycles. The second kappa shape index (κ2) is 8.26. The van der Waals surface area contributed by atoms with Crippen LogP contribution in [0.2, 0.25) is 0 Å². The van der Waals surface area contributed by atoms with Gasteiger partial charge in [0.05, 0.1) is 0 Å². The largest absolute Gasteiger partial charge is 0.354 e. The minimum absolute atomic E-state index is 0.648. The van der Waals surface area contributed by atoms with Crippen molar-refractivity contribution in [3.8, 4) is 0 Å². The van der Waals surface area contributed by atoms with Crippen molar-refractivity contribution in [2.45, 2.75) is 37.9 Å². The van der Waals surface area contributed by atoms with E-state index in [2.05, 4.69) is 44.3 Å². The Balaban J connectivity index is 2.00. The zero-order chi connectivity index (χ0) is 15.1. The highest BCUT2D eigenvalue weighted by molar-refractivity contribution is 7.99. The lowest BCUT2D eigenvalue weighted by molar-refractivity contribution is 0.676. The number of anilines is 3. The maximum atomic E-state index is 4.47. The van der Waals surface area contributed by atoms with Crippen molar-refractivity contribution < 1.29 is 0 Å². The molecule has 6 nitrogen and oxygen atoms in total. The number of aromatic nitrogens is 3. The zero-order valence-corrected chi connectivity index (χ0v) is 14.0. The third-order valence-electron chi connectivity index (χ3n) is 3.32. The molecule has 2 heterocycles. The molecule has 1 aromatic rings. The van der Waals surface area contributed by atoms with Crippen LogP contribution >= 0.6 is 11.8 Å². The molecule has 21 heavy (non-hydrogen) atoms. The van der Waals surface area contributed by atoms with Gasteiger partial charge in [-0.25, -0.2) is 0 Å². The Labute approximate surface area is 131 Å². The Morgan fingerprint density at radius 3 is 2.52 bits per heavy atom. The molecule has 1 saturated heterocycles. The number of thioether (sulfide) groups is 1. The number of nitrogens with zero attached hydrogens (tertiary/aromatic N) is 4. The van der Waals surface area contributed by atoms with Crippen LogP contribution in [0, 0.1) is 0 Å². The number of hydrogen-bond donors (Lipinski definition) is 2. The van der Waals surface area contributed by atoms with Crippen molar-refractivity contribution in [3.05, 3.63) is 0 Å². The number of hydrogen-bond acceptors (Lipinski definition) is 7. The first-order valence-corrected chi connectivity index (χ1v) is 8.76. The summed E-state index contributed by atoms with van der Waals surface area (Å²) in [5, 5.41) is 7.28. The Kier molecular flexibility index (Phi) is 6.35. The summed E-state index contributed by atoms with van der Waals surface area (Å²) in [4.78, 5) is 15.2. The van der Waals surface area contributed by atoms with Crippen LogP contribution in [0.4, 0.5) is 17.8 Å². The molecular weight excluding hydrogens is 284 g/mol. The zero-order valence-electron chi connectivity index (χ0n) is 13.2. The third-order valence-corrected chi connectivity index (χ3v) is 4.72. The molecule has 0 aromatic carbocycles. The van der Waals surface area contributed by atoms with Gasteiger partial charge in [0.2, 0.25) is 17.8 Å². The molecule has 0 amide bonds. The maximum Gasteiger partial charge on any atom is 0.231 e. The Bertz CT molecular complexity index is 433. The second-order valence-corrected chi connectivity index (χ2v) is 6.88. The van der Waals surface area contributed by atoms with E-state index in [9.17, 15) is 0 Å². The number of nitrogens with one attached hydrogen (secondary N) is 2. The molecule has 2 N–H and O–H groups in total. The Morgan fingerprint density at radius 1 is 1.14 bits per heavy atom.